The Balaban J connectivity index is 1.78. The van der Waals surface area contributed by atoms with Gasteiger partial charge in [0.15, 0.2) is 0 Å². The first-order valence-electron chi connectivity index (χ1n) is 7.28. The minimum Gasteiger partial charge on any atom is -0.375 e. The van der Waals surface area contributed by atoms with Crippen molar-refractivity contribution >= 4 is 27.3 Å². The van der Waals surface area contributed by atoms with Gasteiger partial charge in [-0.2, -0.15) is 0 Å². The number of rotatable bonds is 3. The van der Waals surface area contributed by atoms with Crippen molar-refractivity contribution < 1.29 is 4.74 Å². The van der Waals surface area contributed by atoms with Crippen molar-refractivity contribution in [3.8, 4) is 0 Å². The van der Waals surface area contributed by atoms with Crippen LogP contribution in [0.25, 0.3) is 0 Å². The van der Waals surface area contributed by atoms with E-state index in [2.05, 4.69) is 39.7 Å². The minimum atomic E-state index is 0.210. The molecule has 4 heteroatoms. The van der Waals surface area contributed by atoms with E-state index < -0.39 is 0 Å². The number of thiophene rings is 1. The average molecular weight is 344 g/mol. The van der Waals surface area contributed by atoms with E-state index in [9.17, 15) is 0 Å². The summed E-state index contributed by atoms with van der Waals surface area (Å²) in [4.78, 5) is 1.45. The number of ether oxygens (including phenoxy) is 1. The highest BCUT2D eigenvalue weighted by molar-refractivity contribution is 9.10. The van der Waals surface area contributed by atoms with E-state index in [0.29, 0.717) is 12.0 Å². The van der Waals surface area contributed by atoms with Gasteiger partial charge in [-0.05, 0) is 66.0 Å². The van der Waals surface area contributed by atoms with Gasteiger partial charge in [0.1, 0.15) is 0 Å². The molecular formula is C15H22BrNOS. The van der Waals surface area contributed by atoms with Crippen molar-refractivity contribution in [2.45, 2.75) is 50.2 Å². The number of hydrogen-bond acceptors (Lipinski definition) is 3. The summed E-state index contributed by atoms with van der Waals surface area (Å²) in [6.07, 6.45) is 7.64. The Labute approximate surface area is 128 Å². The van der Waals surface area contributed by atoms with Crippen molar-refractivity contribution in [2.24, 2.45) is 5.92 Å². The van der Waals surface area contributed by atoms with Gasteiger partial charge >= 0.3 is 0 Å². The molecule has 1 saturated carbocycles. The summed E-state index contributed by atoms with van der Waals surface area (Å²) in [5.74, 6) is 0.701. The van der Waals surface area contributed by atoms with Gasteiger partial charge in [-0.3, -0.25) is 0 Å². The molecule has 1 saturated heterocycles. The van der Waals surface area contributed by atoms with Crippen molar-refractivity contribution in [1.29, 1.82) is 0 Å². The van der Waals surface area contributed by atoms with Crippen LogP contribution in [0.2, 0.25) is 0 Å². The molecule has 2 atom stereocenters. The predicted octanol–water partition coefficient (Wildman–Crippen LogP) is 4.51. The third kappa shape index (κ3) is 2.78. The maximum atomic E-state index is 6.16. The standard InChI is InChI=1S/C15H22BrNOS/c1-17-13(14-12(16)5-9-19-14)11-4-8-18-15(10-11)6-2-3-7-15/h5,9,11,13,17H,2-4,6-8,10H2,1H3. The summed E-state index contributed by atoms with van der Waals surface area (Å²) in [6.45, 7) is 0.936. The van der Waals surface area contributed by atoms with E-state index in [4.69, 9.17) is 4.74 Å². The number of nitrogens with one attached hydrogen (secondary N) is 1. The first kappa shape index (κ1) is 14.1. The maximum Gasteiger partial charge on any atom is 0.0686 e. The van der Waals surface area contributed by atoms with Gasteiger partial charge in [-0.25, -0.2) is 0 Å². The van der Waals surface area contributed by atoms with Gasteiger partial charge in [0.05, 0.1) is 5.60 Å². The lowest BCUT2D eigenvalue weighted by Crippen LogP contribution is -2.41. The van der Waals surface area contributed by atoms with Gasteiger partial charge < -0.3 is 10.1 Å². The molecule has 2 nitrogen and oxygen atoms in total. The molecule has 1 spiro atoms. The van der Waals surface area contributed by atoms with Crippen LogP contribution in [0.4, 0.5) is 0 Å². The summed E-state index contributed by atoms with van der Waals surface area (Å²) in [6, 6.07) is 2.63. The Hall–Kier alpha value is 0.1000. The molecule has 2 fully saturated rings. The quantitative estimate of drug-likeness (QED) is 0.871. The van der Waals surface area contributed by atoms with Crippen LogP contribution >= 0.6 is 27.3 Å². The zero-order chi connectivity index (χ0) is 13.3. The molecule has 1 aliphatic carbocycles. The van der Waals surface area contributed by atoms with E-state index in [1.807, 2.05) is 11.3 Å². The van der Waals surface area contributed by atoms with Gasteiger partial charge in [-0.15, -0.1) is 11.3 Å². The van der Waals surface area contributed by atoms with Crippen LogP contribution < -0.4 is 5.32 Å². The van der Waals surface area contributed by atoms with Crippen LogP contribution in [0.3, 0.4) is 0 Å². The Morgan fingerprint density at radius 3 is 2.89 bits per heavy atom. The van der Waals surface area contributed by atoms with Crippen LogP contribution in [-0.2, 0) is 4.74 Å². The second-order valence-corrected chi connectivity index (χ2v) is 7.69. The molecule has 2 heterocycles. The van der Waals surface area contributed by atoms with E-state index >= 15 is 0 Å². The molecule has 2 unspecified atom stereocenters. The average Bonchev–Trinajstić information content (AvgIpc) is 3.02. The Morgan fingerprint density at radius 1 is 1.47 bits per heavy atom. The van der Waals surface area contributed by atoms with Crippen LogP contribution in [0, 0.1) is 5.92 Å². The molecule has 19 heavy (non-hydrogen) atoms. The van der Waals surface area contributed by atoms with Gasteiger partial charge in [0, 0.05) is 22.0 Å². The van der Waals surface area contributed by atoms with Gasteiger partial charge in [-0.1, -0.05) is 12.8 Å². The summed E-state index contributed by atoms with van der Waals surface area (Å²) >= 11 is 5.55. The van der Waals surface area contributed by atoms with Crippen molar-refractivity contribution in [3.63, 3.8) is 0 Å². The monoisotopic (exact) mass is 343 g/mol. The third-order valence-corrected chi connectivity index (χ3v) is 6.71. The highest BCUT2D eigenvalue weighted by Crippen LogP contribution is 2.46. The summed E-state index contributed by atoms with van der Waals surface area (Å²) in [5.41, 5.74) is 0.210. The fourth-order valence-electron chi connectivity index (χ4n) is 3.83. The lowest BCUT2D eigenvalue weighted by Gasteiger charge is -2.41. The van der Waals surface area contributed by atoms with Crippen LogP contribution in [0.5, 0.6) is 0 Å². The molecule has 0 aromatic carbocycles. The molecule has 1 aliphatic heterocycles. The fraction of sp³-hybridized carbons (Fsp3) is 0.733. The third-order valence-electron chi connectivity index (χ3n) is 4.76. The van der Waals surface area contributed by atoms with E-state index in [1.165, 1.54) is 47.9 Å². The van der Waals surface area contributed by atoms with Crippen molar-refractivity contribution in [1.82, 2.24) is 5.32 Å². The predicted molar refractivity (Wildman–Crippen MR) is 83.7 cm³/mol. The summed E-state index contributed by atoms with van der Waals surface area (Å²) in [7, 11) is 2.09. The van der Waals surface area contributed by atoms with Crippen molar-refractivity contribution in [3.05, 3.63) is 20.8 Å². The zero-order valence-electron chi connectivity index (χ0n) is 11.5. The molecule has 3 rings (SSSR count). The molecule has 1 aromatic heterocycles. The molecule has 0 amide bonds. The first-order valence-corrected chi connectivity index (χ1v) is 8.95. The first-order chi connectivity index (χ1) is 9.24. The smallest absolute Gasteiger partial charge is 0.0686 e. The van der Waals surface area contributed by atoms with Gasteiger partial charge in [0.2, 0.25) is 0 Å². The topological polar surface area (TPSA) is 21.3 Å². The second kappa shape index (κ2) is 5.84. The van der Waals surface area contributed by atoms with E-state index in [1.54, 1.807) is 0 Å². The Morgan fingerprint density at radius 2 is 2.26 bits per heavy atom. The van der Waals surface area contributed by atoms with Crippen LogP contribution in [0.1, 0.15) is 49.4 Å². The summed E-state index contributed by atoms with van der Waals surface area (Å²) < 4.78 is 7.42. The molecule has 0 radical (unpaired) electrons. The van der Waals surface area contributed by atoms with E-state index in [-0.39, 0.29) is 5.60 Å². The molecule has 0 bridgehead atoms. The van der Waals surface area contributed by atoms with Crippen LogP contribution in [-0.4, -0.2) is 19.3 Å². The largest absolute Gasteiger partial charge is 0.375 e. The second-order valence-electron chi connectivity index (χ2n) is 5.89. The molecular weight excluding hydrogens is 322 g/mol. The Bertz CT molecular complexity index is 428. The zero-order valence-corrected chi connectivity index (χ0v) is 13.9. The van der Waals surface area contributed by atoms with Gasteiger partial charge in [0.25, 0.3) is 0 Å². The molecule has 1 N–H and O–H groups in total. The lowest BCUT2D eigenvalue weighted by atomic mass is 9.80. The highest BCUT2D eigenvalue weighted by Gasteiger charge is 2.42. The lowest BCUT2D eigenvalue weighted by molar-refractivity contribution is -0.0977. The Kier molecular flexibility index (Phi) is 4.32. The minimum absolute atomic E-state index is 0.210. The molecule has 1 aromatic rings. The summed E-state index contributed by atoms with van der Waals surface area (Å²) in [5, 5.41) is 5.72. The SMILES string of the molecule is CNC(c1sccc1Br)C1CCOC2(CCCC2)C1. The number of hydrogen-bond donors (Lipinski definition) is 1. The van der Waals surface area contributed by atoms with Crippen molar-refractivity contribution in [2.75, 3.05) is 13.7 Å². The maximum absolute atomic E-state index is 6.16. The normalized spacial score (nSPS) is 27.8. The molecule has 2 aliphatic rings. The van der Waals surface area contributed by atoms with Crippen LogP contribution in [0.15, 0.2) is 15.9 Å². The highest BCUT2D eigenvalue weighted by atomic mass is 79.9. The molecule has 106 valence electrons. The fourth-order valence-corrected chi connectivity index (χ4v) is 5.65. The van der Waals surface area contributed by atoms with E-state index in [0.717, 1.165) is 6.61 Å². The number of halogens is 1.